The van der Waals surface area contributed by atoms with Crippen LogP contribution in [0, 0.1) is 0 Å². The molecule has 104 valence electrons. The fraction of sp³-hybridized carbons (Fsp3) is 0.538. The van der Waals surface area contributed by atoms with Crippen LogP contribution >= 0.6 is 11.9 Å². The number of carbonyl (C=O) groups is 1. The second-order valence-electron chi connectivity index (χ2n) is 4.40. The maximum atomic E-state index is 11.9. The number of hydrogen-bond acceptors (Lipinski definition) is 6. The SMILES string of the molecule is CCOC(=O)c1cccnc1SN1CCN(C)CC1. The van der Waals surface area contributed by atoms with Crippen LogP contribution < -0.4 is 0 Å². The van der Waals surface area contributed by atoms with Crippen LogP contribution in [-0.2, 0) is 4.74 Å². The van der Waals surface area contributed by atoms with E-state index in [0.717, 1.165) is 31.2 Å². The molecule has 0 spiro atoms. The molecule has 0 unspecified atom stereocenters. The maximum Gasteiger partial charge on any atom is 0.340 e. The monoisotopic (exact) mass is 281 g/mol. The van der Waals surface area contributed by atoms with Crippen molar-refractivity contribution < 1.29 is 9.53 Å². The highest BCUT2D eigenvalue weighted by atomic mass is 32.2. The van der Waals surface area contributed by atoms with E-state index < -0.39 is 0 Å². The molecule has 5 nitrogen and oxygen atoms in total. The summed E-state index contributed by atoms with van der Waals surface area (Å²) < 4.78 is 7.30. The Morgan fingerprint density at radius 3 is 2.84 bits per heavy atom. The zero-order valence-electron chi connectivity index (χ0n) is 11.3. The zero-order chi connectivity index (χ0) is 13.7. The Bertz CT molecular complexity index is 434. The number of hydrogen-bond donors (Lipinski definition) is 0. The molecule has 2 heterocycles. The summed E-state index contributed by atoms with van der Waals surface area (Å²) in [5.41, 5.74) is 0.549. The number of ether oxygens (including phenoxy) is 1. The minimum Gasteiger partial charge on any atom is -0.462 e. The van der Waals surface area contributed by atoms with Crippen LogP contribution in [-0.4, -0.2) is 60.0 Å². The molecule has 0 aliphatic carbocycles. The molecule has 6 heteroatoms. The molecular formula is C13H19N3O2S. The molecular weight excluding hydrogens is 262 g/mol. The Morgan fingerprint density at radius 2 is 2.16 bits per heavy atom. The minimum atomic E-state index is -0.299. The van der Waals surface area contributed by atoms with E-state index in [2.05, 4.69) is 21.2 Å². The molecule has 1 aliphatic rings. The van der Waals surface area contributed by atoms with Gasteiger partial charge in [0, 0.05) is 32.4 Å². The predicted octanol–water partition coefficient (Wildman–Crippen LogP) is 1.51. The van der Waals surface area contributed by atoms with Gasteiger partial charge in [-0.3, -0.25) is 0 Å². The molecule has 1 fully saturated rings. The summed E-state index contributed by atoms with van der Waals surface area (Å²) in [5, 5.41) is 0.727. The van der Waals surface area contributed by atoms with Crippen LogP contribution in [0.2, 0.25) is 0 Å². The average Bonchev–Trinajstić information content (AvgIpc) is 2.42. The summed E-state index contributed by atoms with van der Waals surface area (Å²) in [6.07, 6.45) is 1.71. The van der Waals surface area contributed by atoms with Gasteiger partial charge < -0.3 is 9.64 Å². The Balaban J connectivity index is 2.05. The van der Waals surface area contributed by atoms with Gasteiger partial charge in [0.1, 0.15) is 5.03 Å². The standard InChI is InChI=1S/C13H19N3O2S/c1-3-18-13(17)11-5-4-6-14-12(11)19-16-9-7-15(2)8-10-16/h4-6H,3,7-10H2,1-2H3. The highest BCUT2D eigenvalue weighted by molar-refractivity contribution is 7.97. The van der Waals surface area contributed by atoms with Crippen LogP contribution in [0.1, 0.15) is 17.3 Å². The van der Waals surface area contributed by atoms with Gasteiger partial charge in [0.05, 0.1) is 12.2 Å². The molecule has 0 bridgehead atoms. The number of pyridine rings is 1. The third kappa shape index (κ3) is 3.92. The molecule has 0 amide bonds. The van der Waals surface area contributed by atoms with E-state index in [0.29, 0.717) is 12.2 Å². The van der Waals surface area contributed by atoms with Crippen molar-refractivity contribution >= 4 is 17.9 Å². The van der Waals surface area contributed by atoms with Gasteiger partial charge in [0.2, 0.25) is 0 Å². The van der Waals surface area contributed by atoms with Gasteiger partial charge in [-0.25, -0.2) is 14.1 Å². The zero-order valence-corrected chi connectivity index (χ0v) is 12.2. The average molecular weight is 281 g/mol. The Morgan fingerprint density at radius 1 is 1.42 bits per heavy atom. The summed E-state index contributed by atoms with van der Waals surface area (Å²) in [4.78, 5) is 18.5. The van der Waals surface area contributed by atoms with Crippen LogP contribution in [0.15, 0.2) is 23.4 Å². The molecule has 1 saturated heterocycles. The van der Waals surface area contributed by atoms with E-state index in [-0.39, 0.29) is 5.97 Å². The van der Waals surface area contributed by atoms with Gasteiger partial charge in [-0.15, -0.1) is 0 Å². The largest absolute Gasteiger partial charge is 0.462 e. The highest BCUT2D eigenvalue weighted by Crippen LogP contribution is 2.25. The molecule has 0 N–H and O–H groups in total. The topological polar surface area (TPSA) is 45.7 Å². The quantitative estimate of drug-likeness (QED) is 0.616. The van der Waals surface area contributed by atoms with E-state index in [1.54, 1.807) is 30.3 Å². The van der Waals surface area contributed by atoms with Crippen LogP contribution in [0.3, 0.4) is 0 Å². The molecule has 0 saturated carbocycles. The second kappa shape index (κ2) is 6.88. The summed E-state index contributed by atoms with van der Waals surface area (Å²) in [5.74, 6) is -0.299. The van der Waals surface area contributed by atoms with Gasteiger partial charge in [0.25, 0.3) is 0 Å². The van der Waals surface area contributed by atoms with Crippen molar-refractivity contribution in [1.29, 1.82) is 0 Å². The Labute approximate surface area is 118 Å². The third-order valence-electron chi connectivity index (χ3n) is 2.94. The highest BCUT2D eigenvalue weighted by Gasteiger charge is 2.19. The fourth-order valence-electron chi connectivity index (χ4n) is 1.83. The fourth-order valence-corrected chi connectivity index (χ4v) is 2.78. The molecule has 19 heavy (non-hydrogen) atoms. The molecule has 0 radical (unpaired) electrons. The van der Waals surface area contributed by atoms with Crippen molar-refractivity contribution in [2.75, 3.05) is 39.8 Å². The molecule has 1 aliphatic heterocycles. The number of rotatable bonds is 4. The lowest BCUT2D eigenvalue weighted by atomic mass is 10.3. The predicted molar refractivity (Wildman–Crippen MR) is 75.1 cm³/mol. The maximum absolute atomic E-state index is 11.9. The minimum absolute atomic E-state index is 0.299. The molecule has 1 aromatic rings. The third-order valence-corrected chi connectivity index (χ3v) is 4.07. The van der Waals surface area contributed by atoms with E-state index in [1.807, 2.05) is 6.92 Å². The van der Waals surface area contributed by atoms with Gasteiger partial charge in [-0.2, -0.15) is 0 Å². The lowest BCUT2D eigenvalue weighted by molar-refractivity contribution is 0.0521. The van der Waals surface area contributed by atoms with E-state index in [9.17, 15) is 4.79 Å². The van der Waals surface area contributed by atoms with Crippen LogP contribution in [0.4, 0.5) is 0 Å². The van der Waals surface area contributed by atoms with Crippen molar-refractivity contribution in [3.05, 3.63) is 23.9 Å². The number of esters is 1. The van der Waals surface area contributed by atoms with Gasteiger partial charge >= 0.3 is 5.97 Å². The van der Waals surface area contributed by atoms with Crippen molar-refractivity contribution in [2.45, 2.75) is 11.9 Å². The molecule has 0 aromatic carbocycles. The first-order valence-corrected chi connectivity index (χ1v) is 7.21. The Hall–Kier alpha value is -1.11. The summed E-state index contributed by atoms with van der Waals surface area (Å²) in [7, 11) is 2.12. The number of piperazine rings is 1. The van der Waals surface area contributed by atoms with Gasteiger partial charge in [-0.1, -0.05) is 0 Å². The van der Waals surface area contributed by atoms with Crippen LogP contribution in [0.25, 0.3) is 0 Å². The number of aromatic nitrogens is 1. The van der Waals surface area contributed by atoms with Crippen molar-refractivity contribution in [3.8, 4) is 0 Å². The van der Waals surface area contributed by atoms with Crippen molar-refractivity contribution in [1.82, 2.24) is 14.2 Å². The van der Waals surface area contributed by atoms with Crippen molar-refractivity contribution in [3.63, 3.8) is 0 Å². The summed E-state index contributed by atoms with van der Waals surface area (Å²) in [6, 6.07) is 3.53. The number of nitrogens with zero attached hydrogens (tertiary/aromatic N) is 3. The molecule has 1 aromatic heterocycles. The van der Waals surface area contributed by atoms with Gasteiger partial charge in [-0.05, 0) is 38.1 Å². The Kier molecular flexibility index (Phi) is 5.18. The number of likely N-dealkylation sites (N-methyl/N-ethyl adjacent to an activating group) is 1. The normalized spacial score (nSPS) is 17.4. The first kappa shape index (κ1) is 14.3. The number of carbonyl (C=O) groups excluding carboxylic acids is 1. The van der Waals surface area contributed by atoms with E-state index in [1.165, 1.54) is 0 Å². The lowest BCUT2D eigenvalue weighted by Gasteiger charge is -2.31. The second-order valence-corrected chi connectivity index (χ2v) is 5.49. The summed E-state index contributed by atoms with van der Waals surface area (Å²) >= 11 is 1.54. The summed E-state index contributed by atoms with van der Waals surface area (Å²) in [6.45, 7) is 6.21. The van der Waals surface area contributed by atoms with Crippen molar-refractivity contribution in [2.24, 2.45) is 0 Å². The van der Waals surface area contributed by atoms with E-state index >= 15 is 0 Å². The smallest absolute Gasteiger partial charge is 0.340 e. The lowest BCUT2D eigenvalue weighted by Crippen LogP contribution is -2.41. The first-order valence-electron chi connectivity index (χ1n) is 6.44. The van der Waals surface area contributed by atoms with Gasteiger partial charge in [0.15, 0.2) is 0 Å². The van der Waals surface area contributed by atoms with Crippen LogP contribution in [0.5, 0.6) is 0 Å². The molecule has 0 atom stereocenters. The molecule has 2 rings (SSSR count). The van der Waals surface area contributed by atoms with E-state index in [4.69, 9.17) is 4.74 Å². The first-order chi connectivity index (χ1) is 9.20.